The van der Waals surface area contributed by atoms with Crippen LogP contribution in [-0.2, 0) is 15.8 Å². The lowest BCUT2D eigenvalue weighted by Crippen LogP contribution is -2.49. The van der Waals surface area contributed by atoms with Crippen molar-refractivity contribution in [2.45, 2.75) is 51.2 Å². The smallest absolute Gasteiger partial charge is 0.325 e. The minimum Gasteiger partial charge on any atom is -0.325 e. The Kier molecular flexibility index (Phi) is 5.12. The number of halogens is 3. The Morgan fingerprint density at radius 1 is 1.29 bits per heavy atom. The average molecular weight is 397 g/mol. The number of imide groups is 1. The second kappa shape index (κ2) is 7.10. The third kappa shape index (κ3) is 3.83. The Morgan fingerprint density at radius 2 is 1.93 bits per heavy atom. The number of hydrogen-bond acceptors (Lipinski definition) is 3. The van der Waals surface area contributed by atoms with Crippen LogP contribution in [0.3, 0.4) is 0 Å². The molecule has 152 valence electrons. The average Bonchev–Trinajstić information content (AvgIpc) is 2.83. The van der Waals surface area contributed by atoms with E-state index in [1.807, 2.05) is 0 Å². The first-order valence-corrected chi connectivity index (χ1v) is 9.14. The SMILES string of the molecule is Cc1ccc(NC(=O)CN2C(=O)NC3(CCC(C)CC3)C2=O)cc1C(F)(F)F. The summed E-state index contributed by atoms with van der Waals surface area (Å²) in [6, 6.07) is 2.79. The van der Waals surface area contributed by atoms with Gasteiger partial charge < -0.3 is 10.6 Å². The van der Waals surface area contributed by atoms with Gasteiger partial charge >= 0.3 is 12.2 Å². The monoisotopic (exact) mass is 397 g/mol. The van der Waals surface area contributed by atoms with Crippen LogP contribution in [0.2, 0.25) is 0 Å². The summed E-state index contributed by atoms with van der Waals surface area (Å²) < 4.78 is 39.0. The second-order valence-electron chi connectivity index (χ2n) is 7.66. The van der Waals surface area contributed by atoms with Crippen molar-refractivity contribution in [1.82, 2.24) is 10.2 Å². The Balaban J connectivity index is 1.69. The molecule has 0 radical (unpaired) electrons. The first-order chi connectivity index (χ1) is 13.0. The lowest BCUT2D eigenvalue weighted by atomic mass is 9.77. The molecule has 0 atom stereocenters. The number of alkyl halides is 3. The fraction of sp³-hybridized carbons (Fsp3) is 0.526. The van der Waals surface area contributed by atoms with Gasteiger partial charge in [-0.15, -0.1) is 0 Å². The van der Waals surface area contributed by atoms with Crippen molar-refractivity contribution in [3.05, 3.63) is 29.3 Å². The summed E-state index contributed by atoms with van der Waals surface area (Å²) >= 11 is 0. The van der Waals surface area contributed by atoms with Gasteiger partial charge in [-0.3, -0.25) is 14.5 Å². The van der Waals surface area contributed by atoms with Gasteiger partial charge in [-0.25, -0.2) is 4.79 Å². The Morgan fingerprint density at radius 3 is 2.54 bits per heavy atom. The molecule has 2 fully saturated rings. The molecule has 1 saturated carbocycles. The van der Waals surface area contributed by atoms with Crippen molar-refractivity contribution in [2.24, 2.45) is 5.92 Å². The second-order valence-corrected chi connectivity index (χ2v) is 7.66. The van der Waals surface area contributed by atoms with Gasteiger partial charge in [-0.05, 0) is 56.2 Å². The number of benzene rings is 1. The maximum Gasteiger partial charge on any atom is 0.416 e. The van der Waals surface area contributed by atoms with Gasteiger partial charge in [0.1, 0.15) is 12.1 Å². The minimum atomic E-state index is -4.54. The standard InChI is InChI=1S/C19H22F3N3O3/c1-11-5-7-18(8-6-11)16(27)25(17(28)24-18)10-15(26)23-13-4-3-12(2)14(9-13)19(20,21)22/h3-4,9,11H,5-8,10H2,1-2H3,(H,23,26)(H,24,28). The highest BCUT2D eigenvalue weighted by molar-refractivity contribution is 6.10. The Labute approximate surface area is 160 Å². The molecule has 1 heterocycles. The first-order valence-electron chi connectivity index (χ1n) is 9.14. The molecule has 1 aliphatic carbocycles. The zero-order valence-corrected chi connectivity index (χ0v) is 15.7. The number of urea groups is 1. The van der Waals surface area contributed by atoms with Gasteiger partial charge in [0.15, 0.2) is 0 Å². The van der Waals surface area contributed by atoms with E-state index < -0.39 is 41.7 Å². The van der Waals surface area contributed by atoms with Crippen LogP contribution < -0.4 is 10.6 Å². The van der Waals surface area contributed by atoms with Crippen molar-refractivity contribution in [2.75, 3.05) is 11.9 Å². The molecule has 0 aromatic heterocycles. The number of hydrogen-bond donors (Lipinski definition) is 2. The molecule has 6 nitrogen and oxygen atoms in total. The minimum absolute atomic E-state index is 0.0352. The van der Waals surface area contributed by atoms with E-state index in [2.05, 4.69) is 17.6 Å². The van der Waals surface area contributed by atoms with Gasteiger partial charge in [0.2, 0.25) is 5.91 Å². The van der Waals surface area contributed by atoms with Crippen LogP contribution in [0.1, 0.15) is 43.7 Å². The molecule has 1 saturated heterocycles. The molecule has 1 aromatic rings. The highest BCUT2D eigenvalue weighted by Crippen LogP contribution is 2.36. The molecule has 1 aliphatic heterocycles. The van der Waals surface area contributed by atoms with Crippen LogP contribution >= 0.6 is 0 Å². The molecular formula is C19H22F3N3O3. The molecule has 28 heavy (non-hydrogen) atoms. The number of rotatable bonds is 3. The van der Waals surface area contributed by atoms with Gasteiger partial charge in [-0.2, -0.15) is 13.2 Å². The zero-order chi connectivity index (χ0) is 20.7. The van der Waals surface area contributed by atoms with E-state index >= 15 is 0 Å². The van der Waals surface area contributed by atoms with Crippen molar-refractivity contribution >= 4 is 23.5 Å². The normalized spacial score (nSPS) is 25.2. The van der Waals surface area contributed by atoms with E-state index in [0.29, 0.717) is 18.8 Å². The largest absolute Gasteiger partial charge is 0.416 e. The van der Waals surface area contributed by atoms with Gasteiger partial charge in [0.25, 0.3) is 5.91 Å². The van der Waals surface area contributed by atoms with Crippen LogP contribution in [0.15, 0.2) is 18.2 Å². The molecular weight excluding hydrogens is 375 g/mol. The van der Waals surface area contributed by atoms with Crippen LogP contribution in [0, 0.1) is 12.8 Å². The van der Waals surface area contributed by atoms with Gasteiger partial charge in [0, 0.05) is 5.69 Å². The molecule has 9 heteroatoms. The number of nitrogens with zero attached hydrogens (tertiary/aromatic N) is 1. The number of carbonyl (C=O) groups is 3. The summed E-state index contributed by atoms with van der Waals surface area (Å²) in [7, 11) is 0. The van der Waals surface area contributed by atoms with Crippen molar-refractivity contribution in [3.8, 4) is 0 Å². The predicted octanol–water partition coefficient (Wildman–Crippen LogP) is 3.45. The van der Waals surface area contributed by atoms with Gasteiger partial charge in [-0.1, -0.05) is 13.0 Å². The van der Waals surface area contributed by atoms with Crippen LogP contribution in [0.5, 0.6) is 0 Å². The molecule has 2 aliphatic rings. The molecule has 3 rings (SSSR count). The van der Waals surface area contributed by atoms with Crippen LogP contribution in [0.25, 0.3) is 0 Å². The number of anilines is 1. The van der Waals surface area contributed by atoms with E-state index in [1.165, 1.54) is 19.1 Å². The van der Waals surface area contributed by atoms with E-state index in [-0.39, 0.29) is 11.3 Å². The molecule has 0 bridgehead atoms. The highest BCUT2D eigenvalue weighted by Gasteiger charge is 2.52. The molecule has 1 aromatic carbocycles. The quantitative estimate of drug-likeness (QED) is 0.767. The molecule has 2 N–H and O–H groups in total. The first kappa shape index (κ1) is 20.2. The molecule has 0 unspecified atom stereocenters. The lowest BCUT2D eigenvalue weighted by molar-refractivity contribution is -0.138. The topological polar surface area (TPSA) is 78.5 Å². The van der Waals surface area contributed by atoms with E-state index in [1.54, 1.807) is 0 Å². The zero-order valence-electron chi connectivity index (χ0n) is 15.7. The summed E-state index contributed by atoms with van der Waals surface area (Å²) in [5.74, 6) is -0.710. The summed E-state index contributed by atoms with van der Waals surface area (Å²) in [6.45, 7) is 2.86. The lowest BCUT2D eigenvalue weighted by Gasteiger charge is -2.33. The third-order valence-corrected chi connectivity index (χ3v) is 5.50. The number of carbonyl (C=O) groups excluding carboxylic acids is 3. The van der Waals surface area contributed by atoms with E-state index in [0.717, 1.165) is 23.8 Å². The fourth-order valence-corrected chi connectivity index (χ4v) is 3.76. The summed E-state index contributed by atoms with van der Waals surface area (Å²) in [5.41, 5.74) is -1.82. The van der Waals surface area contributed by atoms with E-state index in [4.69, 9.17) is 0 Å². The number of nitrogens with one attached hydrogen (secondary N) is 2. The summed E-state index contributed by atoms with van der Waals surface area (Å²) in [4.78, 5) is 38.1. The van der Waals surface area contributed by atoms with Crippen LogP contribution in [-0.4, -0.2) is 34.8 Å². The maximum atomic E-state index is 13.0. The number of aryl methyl sites for hydroxylation is 1. The van der Waals surface area contributed by atoms with Crippen molar-refractivity contribution in [1.29, 1.82) is 0 Å². The Bertz CT molecular complexity index is 814. The van der Waals surface area contributed by atoms with Crippen LogP contribution in [0.4, 0.5) is 23.7 Å². The summed E-state index contributed by atoms with van der Waals surface area (Å²) in [6.07, 6.45) is -1.90. The summed E-state index contributed by atoms with van der Waals surface area (Å²) in [5, 5.41) is 5.04. The molecule has 1 spiro atoms. The Hall–Kier alpha value is -2.58. The van der Waals surface area contributed by atoms with Crippen molar-refractivity contribution < 1.29 is 27.6 Å². The molecule has 4 amide bonds. The van der Waals surface area contributed by atoms with Crippen molar-refractivity contribution in [3.63, 3.8) is 0 Å². The van der Waals surface area contributed by atoms with E-state index in [9.17, 15) is 27.6 Å². The highest BCUT2D eigenvalue weighted by atomic mass is 19.4. The number of amides is 4. The fourth-order valence-electron chi connectivity index (χ4n) is 3.76. The maximum absolute atomic E-state index is 13.0. The van der Waals surface area contributed by atoms with Gasteiger partial charge in [0.05, 0.1) is 5.56 Å². The predicted molar refractivity (Wildman–Crippen MR) is 95.4 cm³/mol. The third-order valence-electron chi connectivity index (χ3n) is 5.50.